The Kier molecular flexibility index (Phi) is 4.24. The molecule has 1 heterocycles. The number of rotatable bonds is 4. The van der Waals surface area contributed by atoms with E-state index < -0.39 is 0 Å². The molecular formula is C17H15BrN2O2. The fourth-order valence-corrected chi connectivity index (χ4v) is 2.77. The molecule has 3 rings (SSSR count). The van der Waals surface area contributed by atoms with E-state index in [0.717, 1.165) is 21.3 Å². The number of hydrogen-bond acceptors (Lipinski definition) is 3. The Morgan fingerprint density at radius 2 is 2.14 bits per heavy atom. The lowest BCUT2D eigenvalue weighted by atomic mass is 10.1. The van der Waals surface area contributed by atoms with Gasteiger partial charge < -0.3 is 9.72 Å². The van der Waals surface area contributed by atoms with E-state index in [-0.39, 0.29) is 5.97 Å². The summed E-state index contributed by atoms with van der Waals surface area (Å²) in [4.78, 5) is 19.6. The smallest absolute Gasteiger partial charge is 0.338 e. The number of benzene rings is 2. The van der Waals surface area contributed by atoms with Crippen LogP contribution in [0.1, 0.15) is 28.7 Å². The summed E-state index contributed by atoms with van der Waals surface area (Å²) in [5.74, 6) is 0.557. The average Bonchev–Trinajstić information content (AvgIpc) is 2.88. The molecule has 3 aromatic rings. The molecule has 0 aliphatic carbocycles. The van der Waals surface area contributed by atoms with Crippen molar-refractivity contribution in [2.24, 2.45) is 0 Å². The van der Waals surface area contributed by atoms with Crippen LogP contribution in [0.3, 0.4) is 0 Å². The molecule has 22 heavy (non-hydrogen) atoms. The second-order valence-corrected chi connectivity index (χ2v) is 5.86. The number of nitrogens with zero attached hydrogens (tertiary/aromatic N) is 1. The normalized spacial score (nSPS) is 10.8. The summed E-state index contributed by atoms with van der Waals surface area (Å²) in [5, 5.41) is 0. The van der Waals surface area contributed by atoms with Crippen LogP contribution in [0.4, 0.5) is 0 Å². The number of carbonyl (C=O) groups is 1. The molecule has 0 saturated heterocycles. The van der Waals surface area contributed by atoms with Crippen LogP contribution in [0.15, 0.2) is 46.9 Å². The number of halogens is 1. The molecule has 0 atom stereocenters. The van der Waals surface area contributed by atoms with E-state index in [1.807, 2.05) is 18.2 Å². The number of aromatic nitrogens is 2. The number of hydrogen-bond donors (Lipinski definition) is 1. The number of esters is 1. The number of nitrogens with one attached hydrogen (secondary N) is 1. The molecular weight excluding hydrogens is 344 g/mol. The van der Waals surface area contributed by atoms with Crippen LogP contribution in [-0.4, -0.2) is 22.5 Å². The molecule has 0 aliphatic heterocycles. The Balaban J connectivity index is 1.88. The molecule has 0 radical (unpaired) electrons. The van der Waals surface area contributed by atoms with Gasteiger partial charge in [-0.2, -0.15) is 0 Å². The fraction of sp³-hybridized carbons (Fsp3) is 0.176. The Bertz CT molecular complexity index is 826. The van der Waals surface area contributed by atoms with Gasteiger partial charge in [0.2, 0.25) is 0 Å². The van der Waals surface area contributed by atoms with E-state index in [2.05, 4.69) is 38.0 Å². The van der Waals surface area contributed by atoms with Gasteiger partial charge in [0.05, 0.1) is 23.2 Å². The maximum atomic E-state index is 11.8. The van der Waals surface area contributed by atoms with Gasteiger partial charge >= 0.3 is 5.97 Å². The van der Waals surface area contributed by atoms with E-state index in [1.54, 1.807) is 19.1 Å². The third kappa shape index (κ3) is 3.20. The third-order valence-corrected chi connectivity index (χ3v) is 3.80. The third-order valence-electron chi connectivity index (χ3n) is 3.30. The van der Waals surface area contributed by atoms with Crippen LogP contribution in [0.2, 0.25) is 0 Å². The van der Waals surface area contributed by atoms with Crippen LogP contribution in [0, 0.1) is 0 Å². The minimum atomic E-state index is -0.312. The van der Waals surface area contributed by atoms with Gasteiger partial charge in [0, 0.05) is 10.9 Å². The number of imidazole rings is 1. The van der Waals surface area contributed by atoms with Crippen molar-refractivity contribution >= 4 is 32.9 Å². The van der Waals surface area contributed by atoms with Crippen molar-refractivity contribution in [3.63, 3.8) is 0 Å². The molecule has 0 fully saturated rings. The number of aromatic amines is 1. The van der Waals surface area contributed by atoms with Crippen molar-refractivity contribution in [2.45, 2.75) is 13.3 Å². The van der Waals surface area contributed by atoms with Crippen molar-refractivity contribution in [3.8, 4) is 0 Å². The van der Waals surface area contributed by atoms with E-state index >= 15 is 0 Å². The number of fused-ring (bicyclic) bond motifs is 1. The molecule has 0 bridgehead atoms. The van der Waals surface area contributed by atoms with Crippen molar-refractivity contribution in [1.82, 2.24) is 9.97 Å². The quantitative estimate of drug-likeness (QED) is 0.714. The van der Waals surface area contributed by atoms with Crippen molar-refractivity contribution in [1.29, 1.82) is 0 Å². The molecule has 4 nitrogen and oxygen atoms in total. The van der Waals surface area contributed by atoms with E-state index in [1.165, 1.54) is 5.56 Å². The molecule has 5 heteroatoms. The summed E-state index contributed by atoms with van der Waals surface area (Å²) in [6.07, 6.45) is 0.711. The average molecular weight is 359 g/mol. The van der Waals surface area contributed by atoms with Crippen LogP contribution >= 0.6 is 15.9 Å². The highest BCUT2D eigenvalue weighted by Crippen LogP contribution is 2.18. The lowest BCUT2D eigenvalue weighted by Crippen LogP contribution is -2.04. The van der Waals surface area contributed by atoms with Crippen LogP contribution < -0.4 is 0 Å². The standard InChI is InChI=1S/C17H15BrN2O2/c1-2-22-17(21)12-6-7-14-15(10-12)20-16(19-14)9-11-4-3-5-13(18)8-11/h3-8,10H,2,9H2,1H3,(H,19,20). The molecule has 0 aliphatic rings. The lowest BCUT2D eigenvalue weighted by Gasteiger charge is -2.00. The first kappa shape index (κ1) is 14.8. The Labute approximate surface area is 136 Å². The zero-order chi connectivity index (χ0) is 15.5. The highest BCUT2D eigenvalue weighted by Gasteiger charge is 2.10. The maximum absolute atomic E-state index is 11.8. The van der Waals surface area contributed by atoms with Crippen LogP contribution in [-0.2, 0) is 11.2 Å². The molecule has 0 saturated carbocycles. The van der Waals surface area contributed by atoms with Gasteiger partial charge in [-0.1, -0.05) is 28.1 Å². The van der Waals surface area contributed by atoms with E-state index in [9.17, 15) is 4.79 Å². The summed E-state index contributed by atoms with van der Waals surface area (Å²) in [7, 11) is 0. The SMILES string of the molecule is CCOC(=O)c1ccc2nc(Cc3cccc(Br)c3)[nH]c2c1. The highest BCUT2D eigenvalue weighted by atomic mass is 79.9. The predicted molar refractivity (Wildman–Crippen MR) is 89.0 cm³/mol. The highest BCUT2D eigenvalue weighted by molar-refractivity contribution is 9.10. The van der Waals surface area contributed by atoms with Crippen molar-refractivity contribution < 1.29 is 9.53 Å². The minimum absolute atomic E-state index is 0.312. The lowest BCUT2D eigenvalue weighted by molar-refractivity contribution is 0.0526. The van der Waals surface area contributed by atoms with Gasteiger partial charge in [0.15, 0.2) is 0 Å². The number of H-pyrrole nitrogens is 1. The van der Waals surface area contributed by atoms with Gasteiger partial charge in [0.25, 0.3) is 0 Å². The number of carbonyl (C=O) groups excluding carboxylic acids is 1. The summed E-state index contributed by atoms with van der Waals surface area (Å²) >= 11 is 3.47. The topological polar surface area (TPSA) is 55.0 Å². The largest absolute Gasteiger partial charge is 0.462 e. The van der Waals surface area contributed by atoms with Crippen molar-refractivity contribution in [2.75, 3.05) is 6.61 Å². The minimum Gasteiger partial charge on any atom is -0.462 e. The number of ether oxygens (including phenoxy) is 1. The molecule has 0 spiro atoms. The van der Waals surface area contributed by atoms with Crippen LogP contribution in [0.5, 0.6) is 0 Å². The second kappa shape index (κ2) is 6.32. The zero-order valence-electron chi connectivity index (χ0n) is 12.1. The Hall–Kier alpha value is -2.14. The molecule has 1 aromatic heterocycles. The van der Waals surface area contributed by atoms with Crippen molar-refractivity contribution in [3.05, 3.63) is 63.9 Å². The fourth-order valence-electron chi connectivity index (χ4n) is 2.33. The van der Waals surface area contributed by atoms with Crippen LogP contribution in [0.25, 0.3) is 11.0 Å². The first-order valence-corrected chi connectivity index (χ1v) is 7.85. The van der Waals surface area contributed by atoms with Gasteiger partial charge in [-0.25, -0.2) is 9.78 Å². The Morgan fingerprint density at radius 3 is 2.91 bits per heavy atom. The first-order chi connectivity index (χ1) is 10.7. The zero-order valence-corrected chi connectivity index (χ0v) is 13.7. The second-order valence-electron chi connectivity index (χ2n) is 4.94. The summed E-state index contributed by atoms with van der Waals surface area (Å²) in [5.41, 5.74) is 3.39. The molecule has 112 valence electrons. The van der Waals surface area contributed by atoms with E-state index in [0.29, 0.717) is 18.6 Å². The monoisotopic (exact) mass is 358 g/mol. The maximum Gasteiger partial charge on any atom is 0.338 e. The molecule has 2 aromatic carbocycles. The Morgan fingerprint density at radius 1 is 1.27 bits per heavy atom. The van der Waals surface area contributed by atoms with E-state index in [4.69, 9.17) is 4.74 Å². The predicted octanol–water partition coefficient (Wildman–Crippen LogP) is 4.09. The summed E-state index contributed by atoms with van der Waals surface area (Å²) in [6, 6.07) is 13.5. The van der Waals surface area contributed by atoms with Gasteiger partial charge in [-0.3, -0.25) is 0 Å². The van der Waals surface area contributed by atoms with Gasteiger partial charge in [-0.15, -0.1) is 0 Å². The molecule has 1 N–H and O–H groups in total. The molecule has 0 unspecified atom stereocenters. The molecule has 0 amide bonds. The summed E-state index contributed by atoms with van der Waals surface area (Å²) < 4.78 is 6.06. The van der Waals surface area contributed by atoms with Gasteiger partial charge in [0.1, 0.15) is 5.82 Å². The first-order valence-electron chi connectivity index (χ1n) is 7.06. The van der Waals surface area contributed by atoms with Gasteiger partial charge in [-0.05, 0) is 42.8 Å². The summed E-state index contributed by atoms with van der Waals surface area (Å²) in [6.45, 7) is 2.16.